The lowest BCUT2D eigenvalue weighted by Crippen LogP contribution is -2.09. The molecular formula is C13H14IN3O. The quantitative estimate of drug-likeness (QED) is 0.639. The van der Waals surface area contributed by atoms with Crippen molar-refractivity contribution in [3.63, 3.8) is 0 Å². The lowest BCUT2D eigenvalue weighted by atomic mass is 10.3. The lowest BCUT2D eigenvalue weighted by Gasteiger charge is -2.06. The number of ether oxygens (including phenoxy) is 1. The average molecular weight is 355 g/mol. The minimum absolute atomic E-state index is 0.662. The highest BCUT2D eigenvalue weighted by atomic mass is 127. The SMILES string of the molecule is Ic1cnc(NCCCOc2ccccc2)nc1. The predicted octanol–water partition coefficient (Wildman–Crippen LogP) is 2.96. The molecule has 0 saturated heterocycles. The van der Waals surface area contributed by atoms with Crippen LogP contribution in [0, 0.1) is 3.57 Å². The summed E-state index contributed by atoms with van der Waals surface area (Å²) in [5.74, 6) is 1.57. The molecule has 0 aliphatic rings. The summed E-state index contributed by atoms with van der Waals surface area (Å²) >= 11 is 2.18. The number of aromatic nitrogens is 2. The van der Waals surface area contributed by atoms with Gasteiger partial charge in [-0.05, 0) is 41.1 Å². The summed E-state index contributed by atoms with van der Waals surface area (Å²) in [5.41, 5.74) is 0. The zero-order chi connectivity index (χ0) is 12.6. The van der Waals surface area contributed by atoms with Crippen LogP contribution in [0.3, 0.4) is 0 Å². The topological polar surface area (TPSA) is 47.0 Å². The highest BCUT2D eigenvalue weighted by Gasteiger charge is 1.95. The smallest absolute Gasteiger partial charge is 0.222 e. The Bertz CT molecular complexity index is 461. The van der Waals surface area contributed by atoms with E-state index in [9.17, 15) is 0 Å². The van der Waals surface area contributed by atoms with Gasteiger partial charge in [0.1, 0.15) is 5.75 Å². The van der Waals surface area contributed by atoms with Crippen LogP contribution in [0.2, 0.25) is 0 Å². The van der Waals surface area contributed by atoms with Gasteiger partial charge in [0.05, 0.1) is 6.61 Å². The molecule has 2 rings (SSSR count). The Morgan fingerprint density at radius 3 is 2.56 bits per heavy atom. The fraction of sp³-hybridized carbons (Fsp3) is 0.231. The van der Waals surface area contributed by atoms with E-state index in [4.69, 9.17) is 4.74 Å². The van der Waals surface area contributed by atoms with E-state index < -0.39 is 0 Å². The monoisotopic (exact) mass is 355 g/mol. The minimum atomic E-state index is 0.662. The molecule has 2 aromatic rings. The molecule has 0 radical (unpaired) electrons. The Hall–Kier alpha value is -1.37. The summed E-state index contributed by atoms with van der Waals surface area (Å²) in [7, 11) is 0. The fourth-order valence-corrected chi connectivity index (χ4v) is 1.66. The Morgan fingerprint density at radius 1 is 1.11 bits per heavy atom. The molecule has 0 aliphatic carbocycles. The minimum Gasteiger partial charge on any atom is -0.494 e. The van der Waals surface area contributed by atoms with Gasteiger partial charge in [0, 0.05) is 22.5 Å². The van der Waals surface area contributed by atoms with E-state index >= 15 is 0 Å². The van der Waals surface area contributed by atoms with Crippen molar-refractivity contribution in [2.75, 3.05) is 18.5 Å². The molecule has 0 atom stereocenters. The molecule has 0 unspecified atom stereocenters. The summed E-state index contributed by atoms with van der Waals surface area (Å²) in [6.07, 6.45) is 4.48. The molecule has 1 N–H and O–H groups in total. The van der Waals surface area contributed by atoms with Crippen LogP contribution < -0.4 is 10.1 Å². The first-order valence-corrected chi connectivity index (χ1v) is 6.82. The number of para-hydroxylation sites is 1. The molecular weight excluding hydrogens is 341 g/mol. The molecule has 1 aromatic heterocycles. The largest absolute Gasteiger partial charge is 0.494 e. The van der Waals surface area contributed by atoms with E-state index in [-0.39, 0.29) is 0 Å². The number of benzene rings is 1. The number of hydrogen-bond acceptors (Lipinski definition) is 4. The molecule has 1 heterocycles. The maximum absolute atomic E-state index is 5.58. The summed E-state index contributed by atoms with van der Waals surface area (Å²) in [4.78, 5) is 8.33. The lowest BCUT2D eigenvalue weighted by molar-refractivity contribution is 0.315. The van der Waals surface area contributed by atoms with E-state index in [1.165, 1.54) is 0 Å². The zero-order valence-electron chi connectivity index (χ0n) is 9.84. The second-order valence-corrected chi connectivity index (χ2v) is 4.91. The highest BCUT2D eigenvalue weighted by molar-refractivity contribution is 14.1. The number of anilines is 1. The number of nitrogens with zero attached hydrogens (tertiary/aromatic N) is 2. The van der Waals surface area contributed by atoms with Gasteiger partial charge in [-0.1, -0.05) is 18.2 Å². The van der Waals surface area contributed by atoms with Gasteiger partial charge in [0.25, 0.3) is 0 Å². The van der Waals surface area contributed by atoms with Gasteiger partial charge in [-0.2, -0.15) is 0 Å². The summed E-state index contributed by atoms with van der Waals surface area (Å²) < 4.78 is 6.61. The maximum atomic E-state index is 5.58. The third-order valence-electron chi connectivity index (χ3n) is 2.24. The van der Waals surface area contributed by atoms with E-state index in [1.54, 1.807) is 12.4 Å². The van der Waals surface area contributed by atoms with E-state index in [1.807, 2.05) is 30.3 Å². The van der Waals surface area contributed by atoms with Gasteiger partial charge in [-0.25, -0.2) is 9.97 Å². The predicted molar refractivity (Wildman–Crippen MR) is 79.8 cm³/mol. The van der Waals surface area contributed by atoms with Crippen LogP contribution in [-0.2, 0) is 0 Å². The van der Waals surface area contributed by atoms with E-state index in [0.717, 1.165) is 22.3 Å². The van der Waals surface area contributed by atoms with E-state index in [0.29, 0.717) is 12.6 Å². The first-order chi connectivity index (χ1) is 8.84. The summed E-state index contributed by atoms with van der Waals surface area (Å²) in [6.45, 7) is 1.48. The molecule has 1 aromatic carbocycles. The number of hydrogen-bond donors (Lipinski definition) is 1. The van der Waals surface area contributed by atoms with Crippen LogP contribution in [-0.4, -0.2) is 23.1 Å². The summed E-state index contributed by atoms with van der Waals surface area (Å²) in [6, 6.07) is 9.81. The molecule has 0 aliphatic heterocycles. The van der Waals surface area contributed by atoms with Gasteiger partial charge < -0.3 is 10.1 Å². The van der Waals surface area contributed by atoms with Crippen LogP contribution in [0.1, 0.15) is 6.42 Å². The first kappa shape index (κ1) is 13.1. The van der Waals surface area contributed by atoms with Crippen molar-refractivity contribution in [3.8, 4) is 5.75 Å². The van der Waals surface area contributed by atoms with Crippen LogP contribution in [0.5, 0.6) is 5.75 Å². The van der Waals surface area contributed by atoms with Crippen LogP contribution in [0.15, 0.2) is 42.7 Å². The molecule has 94 valence electrons. The van der Waals surface area contributed by atoms with Gasteiger partial charge in [-0.3, -0.25) is 0 Å². The average Bonchev–Trinajstić information content (AvgIpc) is 2.42. The Balaban J connectivity index is 1.63. The van der Waals surface area contributed by atoms with Gasteiger partial charge >= 0.3 is 0 Å². The molecule has 4 nitrogen and oxygen atoms in total. The second-order valence-electron chi connectivity index (χ2n) is 3.67. The van der Waals surface area contributed by atoms with Crippen molar-refractivity contribution in [3.05, 3.63) is 46.3 Å². The molecule has 0 saturated carbocycles. The zero-order valence-corrected chi connectivity index (χ0v) is 12.0. The van der Waals surface area contributed by atoms with Crippen molar-refractivity contribution >= 4 is 28.5 Å². The number of rotatable bonds is 6. The normalized spacial score (nSPS) is 10.1. The fourth-order valence-electron chi connectivity index (χ4n) is 1.38. The van der Waals surface area contributed by atoms with E-state index in [2.05, 4.69) is 37.9 Å². The first-order valence-electron chi connectivity index (χ1n) is 5.74. The maximum Gasteiger partial charge on any atom is 0.222 e. The molecule has 5 heteroatoms. The van der Waals surface area contributed by atoms with Crippen LogP contribution in [0.4, 0.5) is 5.95 Å². The molecule has 0 bridgehead atoms. The molecule has 0 amide bonds. The molecule has 18 heavy (non-hydrogen) atoms. The van der Waals surface area contributed by atoms with Gasteiger partial charge in [0.2, 0.25) is 5.95 Å². The Kier molecular flexibility index (Phi) is 5.19. The van der Waals surface area contributed by atoms with Gasteiger partial charge in [-0.15, -0.1) is 0 Å². The molecule has 0 spiro atoms. The highest BCUT2D eigenvalue weighted by Crippen LogP contribution is 2.08. The number of halogens is 1. The Labute approximate surface area is 120 Å². The standard InChI is InChI=1S/C13H14IN3O/c14-11-9-16-13(17-10-11)15-7-4-8-18-12-5-2-1-3-6-12/h1-3,5-6,9-10H,4,7-8H2,(H,15,16,17). The van der Waals surface area contributed by atoms with Crippen molar-refractivity contribution in [2.24, 2.45) is 0 Å². The molecule has 0 fully saturated rings. The second kappa shape index (κ2) is 7.15. The van der Waals surface area contributed by atoms with Gasteiger partial charge in [0.15, 0.2) is 0 Å². The third kappa shape index (κ3) is 4.48. The van der Waals surface area contributed by atoms with Crippen LogP contribution >= 0.6 is 22.6 Å². The van der Waals surface area contributed by atoms with Crippen LogP contribution in [0.25, 0.3) is 0 Å². The van der Waals surface area contributed by atoms with Crippen molar-refractivity contribution < 1.29 is 4.74 Å². The third-order valence-corrected chi connectivity index (χ3v) is 2.79. The summed E-state index contributed by atoms with van der Waals surface area (Å²) in [5, 5.41) is 3.15. The van der Waals surface area contributed by atoms with Crippen molar-refractivity contribution in [1.82, 2.24) is 9.97 Å². The van der Waals surface area contributed by atoms with Crippen molar-refractivity contribution in [2.45, 2.75) is 6.42 Å². The number of nitrogens with one attached hydrogen (secondary N) is 1. The Morgan fingerprint density at radius 2 is 1.83 bits per heavy atom. The van der Waals surface area contributed by atoms with Crippen molar-refractivity contribution in [1.29, 1.82) is 0 Å².